The molecule has 3 atom stereocenters. The molecule has 0 radical (unpaired) electrons. The van der Waals surface area contributed by atoms with E-state index in [9.17, 15) is 4.79 Å². The molecule has 0 aromatic carbocycles. The number of rotatable bonds is 3. The fourth-order valence-electron chi connectivity index (χ4n) is 3.27. The van der Waals surface area contributed by atoms with E-state index >= 15 is 0 Å². The summed E-state index contributed by atoms with van der Waals surface area (Å²) in [7, 11) is 1.96. The number of aryl methyl sites for hydroxylation is 1. The molecule has 1 heterocycles. The van der Waals surface area contributed by atoms with E-state index in [4.69, 9.17) is 0 Å². The highest BCUT2D eigenvalue weighted by molar-refractivity contribution is 5.94. The van der Waals surface area contributed by atoms with Crippen molar-refractivity contribution in [2.45, 2.75) is 46.1 Å². The zero-order valence-corrected chi connectivity index (χ0v) is 13.1. The maximum Gasteiger partial charge on any atom is 0.251 e. The molecule has 110 valence electrons. The highest BCUT2D eigenvalue weighted by atomic mass is 16.1. The maximum absolute atomic E-state index is 12.4. The minimum absolute atomic E-state index is 0.0651. The summed E-state index contributed by atoms with van der Waals surface area (Å²) in [5.74, 6) is 2.01. The van der Waals surface area contributed by atoms with E-state index in [1.54, 1.807) is 0 Å². The summed E-state index contributed by atoms with van der Waals surface area (Å²) >= 11 is 0. The van der Waals surface area contributed by atoms with Gasteiger partial charge in [-0.15, -0.1) is 0 Å². The van der Waals surface area contributed by atoms with Crippen molar-refractivity contribution < 1.29 is 9.36 Å². The number of aromatic nitrogens is 1. The first-order chi connectivity index (χ1) is 9.47. The topological polar surface area (TPSA) is 33.0 Å². The van der Waals surface area contributed by atoms with Crippen LogP contribution in [0.1, 0.15) is 50.4 Å². The van der Waals surface area contributed by atoms with Crippen LogP contribution in [0.5, 0.6) is 0 Å². The Morgan fingerprint density at radius 3 is 2.55 bits per heavy atom. The zero-order valence-electron chi connectivity index (χ0n) is 13.1. The normalized spacial score (nSPS) is 26.6. The molecule has 1 amide bonds. The van der Waals surface area contributed by atoms with Crippen molar-refractivity contribution in [3.05, 3.63) is 30.1 Å². The van der Waals surface area contributed by atoms with Gasteiger partial charge in [0.1, 0.15) is 7.05 Å². The van der Waals surface area contributed by atoms with Crippen LogP contribution in [-0.4, -0.2) is 11.9 Å². The lowest BCUT2D eigenvalue weighted by Crippen LogP contribution is -2.45. The van der Waals surface area contributed by atoms with Gasteiger partial charge in [0, 0.05) is 18.2 Å². The number of hydrogen-bond donors (Lipinski definition) is 1. The van der Waals surface area contributed by atoms with Crippen LogP contribution in [0.2, 0.25) is 0 Å². The van der Waals surface area contributed by atoms with Crippen LogP contribution in [0.15, 0.2) is 24.5 Å². The van der Waals surface area contributed by atoms with Gasteiger partial charge < -0.3 is 5.32 Å². The van der Waals surface area contributed by atoms with Gasteiger partial charge in [-0.3, -0.25) is 4.79 Å². The lowest BCUT2D eigenvalue weighted by molar-refractivity contribution is -0.671. The van der Waals surface area contributed by atoms with Crippen molar-refractivity contribution in [3.8, 4) is 0 Å². The van der Waals surface area contributed by atoms with Crippen molar-refractivity contribution in [1.29, 1.82) is 0 Å². The fourth-order valence-corrected chi connectivity index (χ4v) is 3.27. The first-order valence-corrected chi connectivity index (χ1v) is 7.73. The molecule has 3 nitrogen and oxygen atoms in total. The molecule has 1 aromatic heterocycles. The minimum atomic E-state index is 0.0651. The van der Waals surface area contributed by atoms with E-state index in [-0.39, 0.29) is 5.91 Å². The average molecular weight is 275 g/mol. The molecule has 0 aliphatic heterocycles. The molecule has 1 saturated carbocycles. The van der Waals surface area contributed by atoms with Gasteiger partial charge in [-0.2, -0.15) is 0 Å². The molecule has 1 fully saturated rings. The van der Waals surface area contributed by atoms with Gasteiger partial charge in [0.15, 0.2) is 12.4 Å². The number of pyridine rings is 1. The summed E-state index contributed by atoms with van der Waals surface area (Å²) in [5.41, 5.74) is 0.754. The van der Waals surface area contributed by atoms with Crippen molar-refractivity contribution in [1.82, 2.24) is 5.32 Å². The van der Waals surface area contributed by atoms with Crippen LogP contribution in [0, 0.1) is 17.8 Å². The molecule has 1 aliphatic rings. The van der Waals surface area contributed by atoms with Gasteiger partial charge in [-0.05, 0) is 30.6 Å². The summed E-state index contributed by atoms with van der Waals surface area (Å²) in [5, 5.41) is 3.27. The SMILES string of the molecule is CC1CCC(C(C)C)C(NC(=O)c2cc[n+](C)cc2)C1. The second kappa shape index (κ2) is 6.38. The molecule has 1 aromatic rings. The quantitative estimate of drug-likeness (QED) is 0.845. The largest absolute Gasteiger partial charge is 0.349 e. The third-order valence-electron chi connectivity index (χ3n) is 4.58. The Labute approximate surface area is 122 Å². The molecule has 0 bridgehead atoms. The Balaban J connectivity index is 2.05. The minimum Gasteiger partial charge on any atom is -0.349 e. The predicted molar refractivity (Wildman–Crippen MR) is 80.2 cm³/mol. The molecular weight excluding hydrogens is 248 g/mol. The molecule has 3 unspecified atom stereocenters. The Kier molecular flexibility index (Phi) is 4.79. The van der Waals surface area contributed by atoms with Crippen LogP contribution in [0.3, 0.4) is 0 Å². The second-order valence-corrected chi connectivity index (χ2v) is 6.66. The predicted octanol–water partition coefficient (Wildman–Crippen LogP) is 2.70. The molecule has 20 heavy (non-hydrogen) atoms. The summed E-state index contributed by atoms with van der Waals surface area (Å²) in [6.45, 7) is 6.82. The fraction of sp³-hybridized carbons (Fsp3) is 0.647. The third-order valence-corrected chi connectivity index (χ3v) is 4.58. The summed E-state index contributed by atoms with van der Waals surface area (Å²) in [6.07, 6.45) is 7.45. The number of nitrogens with zero attached hydrogens (tertiary/aromatic N) is 1. The van der Waals surface area contributed by atoms with E-state index in [0.717, 1.165) is 12.0 Å². The van der Waals surface area contributed by atoms with E-state index in [1.807, 2.05) is 36.1 Å². The van der Waals surface area contributed by atoms with Gasteiger partial charge in [0.25, 0.3) is 5.91 Å². The van der Waals surface area contributed by atoms with Gasteiger partial charge in [0.05, 0.1) is 5.56 Å². The van der Waals surface area contributed by atoms with Crippen molar-refractivity contribution >= 4 is 5.91 Å². The summed E-state index contributed by atoms with van der Waals surface area (Å²) in [6, 6.07) is 4.08. The Morgan fingerprint density at radius 1 is 1.30 bits per heavy atom. The molecule has 3 heteroatoms. The molecule has 1 aliphatic carbocycles. The molecule has 2 rings (SSSR count). The van der Waals surface area contributed by atoms with Crippen molar-refractivity contribution in [3.63, 3.8) is 0 Å². The molecule has 0 spiro atoms. The maximum atomic E-state index is 12.4. The van der Waals surface area contributed by atoms with Crippen LogP contribution >= 0.6 is 0 Å². The van der Waals surface area contributed by atoms with Crippen LogP contribution in [0.25, 0.3) is 0 Å². The Morgan fingerprint density at radius 2 is 1.95 bits per heavy atom. The van der Waals surface area contributed by atoms with Gasteiger partial charge in [-0.1, -0.05) is 27.2 Å². The van der Waals surface area contributed by atoms with Gasteiger partial charge in [-0.25, -0.2) is 4.57 Å². The zero-order chi connectivity index (χ0) is 14.7. The van der Waals surface area contributed by atoms with Crippen LogP contribution < -0.4 is 9.88 Å². The number of hydrogen-bond acceptors (Lipinski definition) is 1. The average Bonchev–Trinajstić information content (AvgIpc) is 2.39. The van der Waals surface area contributed by atoms with Crippen LogP contribution in [0.4, 0.5) is 0 Å². The Bertz CT molecular complexity index is 453. The highest BCUT2D eigenvalue weighted by Gasteiger charge is 2.31. The number of nitrogens with one attached hydrogen (secondary N) is 1. The third kappa shape index (κ3) is 3.59. The number of carbonyl (C=O) groups is 1. The second-order valence-electron chi connectivity index (χ2n) is 6.66. The summed E-state index contributed by atoms with van der Waals surface area (Å²) in [4.78, 5) is 12.4. The summed E-state index contributed by atoms with van der Waals surface area (Å²) < 4.78 is 1.94. The monoisotopic (exact) mass is 275 g/mol. The van der Waals surface area contributed by atoms with Crippen molar-refractivity contribution in [2.24, 2.45) is 24.8 Å². The first-order valence-electron chi connectivity index (χ1n) is 7.73. The van der Waals surface area contributed by atoms with Crippen LogP contribution in [-0.2, 0) is 7.05 Å². The Hall–Kier alpha value is -1.38. The number of amides is 1. The lowest BCUT2D eigenvalue weighted by atomic mass is 9.74. The van der Waals surface area contributed by atoms with E-state index in [2.05, 4.69) is 26.1 Å². The molecular formula is C17H27N2O+. The first kappa shape index (κ1) is 15.0. The van der Waals surface area contributed by atoms with Gasteiger partial charge >= 0.3 is 0 Å². The molecule has 0 saturated heterocycles. The van der Waals surface area contributed by atoms with Gasteiger partial charge in [0.2, 0.25) is 0 Å². The van der Waals surface area contributed by atoms with E-state index in [1.165, 1.54) is 12.8 Å². The standard InChI is InChI=1S/C17H26N2O/c1-12(2)15-6-5-13(3)11-16(15)18-17(20)14-7-9-19(4)10-8-14/h7-10,12-13,15-16H,5-6,11H2,1-4H3/p+1. The van der Waals surface area contributed by atoms with E-state index < -0.39 is 0 Å². The lowest BCUT2D eigenvalue weighted by Gasteiger charge is -2.37. The van der Waals surface area contributed by atoms with Crippen molar-refractivity contribution in [2.75, 3.05) is 0 Å². The highest BCUT2D eigenvalue weighted by Crippen LogP contribution is 2.33. The smallest absolute Gasteiger partial charge is 0.251 e. The van der Waals surface area contributed by atoms with E-state index in [0.29, 0.717) is 23.8 Å². The number of carbonyl (C=O) groups excluding carboxylic acids is 1. The molecule has 1 N–H and O–H groups in total.